The molecule has 0 saturated carbocycles. The summed E-state index contributed by atoms with van der Waals surface area (Å²) in [6.07, 6.45) is 0. The van der Waals surface area contributed by atoms with Gasteiger partial charge in [-0.25, -0.2) is 0 Å². The Hall–Kier alpha value is -1.36. The fourth-order valence-electron chi connectivity index (χ4n) is 1.28. The van der Waals surface area contributed by atoms with Crippen molar-refractivity contribution in [1.29, 1.82) is 0 Å². The first-order valence-electron chi connectivity index (χ1n) is 5.86. The molecule has 0 aliphatic heterocycles. The van der Waals surface area contributed by atoms with E-state index in [-0.39, 0.29) is 5.91 Å². The number of thioether (sulfide) groups is 1. The van der Waals surface area contributed by atoms with E-state index in [0.717, 1.165) is 10.6 Å². The molecule has 3 N–H and O–H groups in total. The first kappa shape index (κ1) is 14.7. The third-order valence-corrected chi connectivity index (χ3v) is 3.36. The summed E-state index contributed by atoms with van der Waals surface area (Å²) in [4.78, 5) is 12.5. The number of carbonyl (C=O) groups is 1. The molecule has 5 heteroatoms. The van der Waals surface area contributed by atoms with Crippen LogP contribution in [0.25, 0.3) is 0 Å². The van der Waals surface area contributed by atoms with Crippen LogP contribution in [-0.2, 0) is 4.79 Å². The van der Waals surface area contributed by atoms with Crippen LogP contribution in [0.4, 0.5) is 5.69 Å². The number of hydrogen-bond donors (Lipinski definition) is 2. The largest absolute Gasteiger partial charge is 0.497 e. The van der Waals surface area contributed by atoms with Gasteiger partial charge in [0.2, 0.25) is 5.91 Å². The quantitative estimate of drug-likeness (QED) is 0.613. The molecular formula is C13H20N2O2S. The Morgan fingerprint density at radius 1 is 1.50 bits per heavy atom. The standard InChI is InChI=1S/C13H20N2O2S/c1-9(2)7-15-13(16)8-18-12-6-10(17-3)4-5-11(12)14/h4-6,9H,7-8,14H2,1-3H3,(H,15,16). The molecule has 0 aliphatic rings. The average Bonchev–Trinajstić information content (AvgIpc) is 2.35. The zero-order valence-corrected chi connectivity index (χ0v) is 11.8. The van der Waals surface area contributed by atoms with Gasteiger partial charge in [-0.15, -0.1) is 11.8 Å². The molecule has 0 saturated heterocycles. The van der Waals surface area contributed by atoms with E-state index < -0.39 is 0 Å². The van der Waals surface area contributed by atoms with Gasteiger partial charge in [-0.3, -0.25) is 4.79 Å². The molecule has 0 radical (unpaired) electrons. The van der Waals surface area contributed by atoms with E-state index in [1.54, 1.807) is 19.2 Å². The minimum absolute atomic E-state index is 0.0240. The third kappa shape index (κ3) is 4.87. The smallest absolute Gasteiger partial charge is 0.230 e. The molecule has 0 heterocycles. The molecule has 0 bridgehead atoms. The van der Waals surface area contributed by atoms with Gasteiger partial charge < -0.3 is 15.8 Å². The summed E-state index contributed by atoms with van der Waals surface area (Å²) in [6, 6.07) is 5.43. The first-order valence-corrected chi connectivity index (χ1v) is 6.84. The van der Waals surface area contributed by atoms with Crippen LogP contribution in [0.2, 0.25) is 0 Å². The number of nitrogens with one attached hydrogen (secondary N) is 1. The number of hydrogen-bond acceptors (Lipinski definition) is 4. The van der Waals surface area contributed by atoms with E-state index in [2.05, 4.69) is 19.2 Å². The van der Waals surface area contributed by atoms with Crippen molar-refractivity contribution in [3.8, 4) is 5.75 Å². The molecule has 0 atom stereocenters. The maximum atomic E-state index is 11.6. The van der Waals surface area contributed by atoms with Gasteiger partial charge in [0.1, 0.15) is 5.75 Å². The van der Waals surface area contributed by atoms with Crippen LogP contribution in [0.1, 0.15) is 13.8 Å². The Balaban J connectivity index is 2.50. The van der Waals surface area contributed by atoms with E-state index in [1.807, 2.05) is 6.07 Å². The number of ether oxygens (including phenoxy) is 1. The maximum absolute atomic E-state index is 11.6. The molecule has 100 valence electrons. The number of rotatable bonds is 6. The summed E-state index contributed by atoms with van der Waals surface area (Å²) < 4.78 is 5.13. The van der Waals surface area contributed by atoms with Crippen molar-refractivity contribution in [3.05, 3.63) is 18.2 Å². The minimum atomic E-state index is 0.0240. The van der Waals surface area contributed by atoms with Crippen LogP contribution in [0.5, 0.6) is 5.75 Å². The number of amides is 1. The van der Waals surface area contributed by atoms with Crippen LogP contribution in [0.15, 0.2) is 23.1 Å². The van der Waals surface area contributed by atoms with Crippen molar-refractivity contribution < 1.29 is 9.53 Å². The lowest BCUT2D eigenvalue weighted by atomic mass is 10.2. The van der Waals surface area contributed by atoms with Crippen LogP contribution in [-0.4, -0.2) is 25.3 Å². The van der Waals surface area contributed by atoms with Crippen LogP contribution < -0.4 is 15.8 Å². The molecule has 1 amide bonds. The van der Waals surface area contributed by atoms with Gasteiger partial charge in [0.05, 0.1) is 12.9 Å². The van der Waals surface area contributed by atoms with Gasteiger partial charge in [-0.2, -0.15) is 0 Å². The lowest BCUT2D eigenvalue weighted by Gasteiger charge is -2.09. The van der Waals surface area contributed by atoms with Gasteiger partial charge >= 0.3 is 0 Å². The Bertz CT molecular complexity index is 408. The molecule has 0 aromatic heterocycles. The van der Waals surface area contributed by atoms with Gasteiger partial charge in [-0.1, -0.05) is 13.8 Å². The Labute approximate surface area is 112 Å². The highest BCUT2D eigenvalue weighted by atomic mass is 32.2. The molecule has 0 aliphatic carbocycles. The number of benzene rings is 1. The van der Waals surface area contributed by atoms with Crippen LogP contribution >= 0.6 is 11.8 Å². The predicted molar refractivity (Wildman–Crippen MR) is 76.0 cm³/mol. The van der Waals surface area contributed by atoms with Crippen molar-refractivity contribution in [2.45, 2.75) is 18.7 Å². The Morgan fingerprint density at radius 2 is 2.22 bits per heavy atom. The second kappa shape index (κ2) is 7.16. The molecule has 1 rings (SSSR count). The molecule has 1 aromatic rings. The van der Waals surface area contributed by atoms with Gasteiger partial charge in [0.25, 0.3) is 0 Å². The van der Waals surface area contributed by atoms with Crippen molar-refractivity contribution in [1.82, 2.24) is 5.32 Å². The van der Waals surface area contributed by atoms with Gasteiger partial charge in [-0.05, 0) is 24.1 Å². The Kier molecular flexibility index (Phi) is 5.85. The molecule has 1 aromatic carbocycles. The molecule has 4 nitrogen and oxygen atoms in total. The number of methoxy groups -OCH3 is 1. The summed E-state index contributed by atoms with van der Waals surface area (Å²) in [6.45, 7) is 4.83. The first-order chi connectivity index (χ1) is 8.52. The van der Waals surface area contributed by atoms with E-state index >= 15 is 0 Å². The second-order valence-electron chi connectivity index (χ2n) is 4.39. The van der Waals surface area contributed by atoms with Crippen LogP contribution in [0.3, 0.4) is 0 Å². The fourth-order valence-corrected chi connectivity index (χ4v) is 2.10. The molecule has 0 fully saturated rings. The fraction of sp³-hybridized carbons (Fsp3) is 0.462. The van der Waals surface area contributed by atoms with E-state index in [9.17, 15) is 4.79 Å². The normalized spacial score (nSPS) is 10.4. The van der Waals surface area contributed by atoms with Gasteiger partial charge in [0, 0.05) is 17.1 Å². The van der Waals surface area contributed by atoms with Gasteiger partial charge in [0.15, 0.2) is 0 Å². The highest BCUT2D eigenvalue weighted by Gasteiger charge is 2.07. The Morgan fingerprint density at radius 3 is 2.83 bits per heavy atom. The minimum Gasteiger partial charge on any atom is -0.497 e. The summed E-state index contributed by atoms with van der Waals surface area (Å²) in [5.41, 5.74) is 6.51. The summed E-state index contributed by atoms with van der Waals surface area (Å²) in [5, 5.41) is 2.87. The van der Waals surface area contributed by atoms with Crippen molar-refractivity contribution in [3.63, 3.8) is 0 Å². The monoisotopic (exact) mass is 268 g/mol. The van der Waals surface area contributed by atoms with Crippen molar-refractivity contribution in [2.24, 2.45) is 5.92 Å². The zero-order valence-electron chi connectivity index (χ0n) is 11.0. The average molecular weight is 268 g/mol. The number of nitrogen functional groups attached to an aromatic ring is 1. The highest BCUT2D eigenvalue weighted by molar-refractivity contribution is 8.00. The lowest BCUT2D eigenvalue weighted by Crippen LogP contribution is -2.28. The zero-order chi connectivity index (χ0) is 13.5. The molecule has 18 heavy (non-hydrogen) atoms. The highest BCUT2D eigenvalue weighted by Crippen LogP contribution is 2.28. The molecule has 0 unspecified atom stereocenters. The van der Waals surface area contributed by atoms with Crippen molar-refractivity contribution >= 4 is 23.4 Å². The van der Waals surface area contributed by atoms with E-state index in [1.165, 1.54) is 11.8 Å². The SMILES string of the molecule is COc1ccc(N)c(SCC(=O)NCC(C)C)c1. The summed E-state index contributed by atoms with van der Waals surface area (Å²) >= 11 is 1.42. The molecular weight excluding hydrogens is 248 g/mol. The summed E-state index contributed by atoms with van der Waals surface area (Å²) in [7, 11) is 1.61. The maximum Gasteiger partial charge on any atom is 0.230 e. The number of anilines is 1. The number of carbonyl (C=O) groups excluding carboxylic acids is 1. The second-order valence-corrected chi connectivity index (χ2v) is 5.41. The summed E-state index contributed by atoms with van der Waals surface area (Å²) in [5.74, 6) is 1.59. The predicted octanol–water partition coefficient (Wildman–Crippen LogP) is 2.14. The number of nitrogens with two attached hydrogens (primary N) is 1. The topological polar surface area (TPSA) is 64.3 Å². The third-order valence-electron chi connectivity index (χ3n) is 2.29. The van der Waals surface area contributed by atoms with Crippen LogP contribution in [0, 0.1) is 5.92 Å². The van der Waals surface area contributed by atoms with Crippen molar-refractivity contribution in [2.75, 3.05) is 25.1 Å². The van der Waals surface area contributed by atoms with E-state index in [0.29, 0.717) is 23.9 Å². The van der Waals surface area contributed by atoms with E-state index in [4.69, 9.17) is 10.5 Å². The molecule has 0 spiro atoms. The lowest BCUT2D eigenvalue weighted by molar-refractivity contribution is -0.118.